The number of hydrogen-bond donors (Lipinski definition) is 1. The van der Waals surface area contributed by atoms with Crippen LogP contribution in [0, 0.1) is 17.3 Å². The molecule has 0 bridgehead atoms. The standard InChI is InChI=1S/C16H28N2O2/c1-10-6-7-12(11(2)8-10)18-9-13(19)17-14(15(18)20)16(3,4)5/h10-12,14H,6-9H2,1-5H3,(H,17,19). The van der Waals surface area contributed by atoms with Gasteiger partial charge in [0.15, 0.2) is 0 Å². The summed E-state index contributed by atoms with van der Waals surface area (Å²) in [6, 6.07) is -0.162. The zero-order valence-corrected chi connectivity index (χ0v) is 13.4. The second-order valence-corrected chi connectivity index (χ2v) is 7.80. The van der Waals surface area contributed by atoms with Gasteiger partial charge in [-0.05, 0) is 36.5 Å². The van der Waals surface area contributed by atoms with Crippen LogP contribution in [0.1, 0.15) is 53.9 Å². The summed E-state index contributed by atoms with van der Waals surface area (Å²) in [4.78, 5) is 26.6. The minimum Gasteiger partial charge on any atom is -0.342 e. The van der Waals surface area contributed by atoms with Crippen molar-refractivity contribution in [3.05, 3.63) is 0 Å². The molecule has 2 fully saturated rings. The van der Waals surface area contributed by atoms with Crippen LogP contribution in [0.5, 0.6) is 0 Å². The lowest BCUT2D eigenvalue weighted by atomic mass is 9.77. The fourth-order valence-corrected chi connectivity index (χ4v) is 3.65. The zero-order valence-electron chi connectivity index (χ0n) is 13.4. The number of rotatable bonds is 1. The highest BCUT2D eigenvalue weighted by molar-refractivity contribution is 5.95. The van der Waals surface area contributed by atoms with Gasteiger partial charge in [-0.15, -0.1) is 0 Å². The summed E-state index contributed by atoms with van der Waals surface area (Å²) in [5.74, 6) is 1.29. The van der Waals surface area contributed by atoms with Crippen LogP contribution in [0.2, 0.25) is 0 Å². The number of amides is 2. The molecule has 1 heterocycles. The zero-order chi connectivity index (χ0) is 15.1. The molecule has 1 N–H and O–H groups in total. The first-order chi connectivity index (χ1) is 9.20. The van der Waals surface area contributed by atoms with E-state index in [9.17, 15) is 9.59 Å². The third kappa shape index (κ3) is 2.99. The van der Waals surface area contributed by atoms with Crippen molar-refractivity contribution in [1.82, 2.24) is 10.2 Å². The highest BCUT2D eigenvalue weighted by atomic mass is 16.2. The molecule has 0 aromatic heterocycles. The third-order valence-corrected chi connectivity index (χ3v) is 4.80. The van der Waals surface area contributed by atoms with Crippen LogP contribution in [0.15, 0.2) is 0 Å². The van der Waals surface area contributed by atoms with Gasteiger partial charge < -0.3 is 10.2 Å². The quantitative estimate of drug-likeness (QED) is 0.800. The highest BCUT2D eigenvalue weighted by Crippen LogP contribution is 2.34. The van der Waals surface area contributed by atoms with E-state index in [0.29, 0.717) is 5.92 Å². The monoisotopic (exact) mass is 280 g/mol. The predicted molar refractivity (Wildman–Crippen MR) is 79.1 cm³/mol. The number of hydrogen-bond acceptors (Lipinski definition) is 2. The maximum Gasteiger partial charge on any atom is 0.246 e. The van der Waals surface area contributed by atoms with Crippen LogP contribution in [-0.2, 0) is 9.59 Å². The molecule has 0 aromatic rings. The van der Waals surface area contributed by atoms with Crippen LogP contribution in [0.4, 0.5) is 0 Å². The summed E-state index contributed by atoms with van der Waals surface area (Å²) < 4.78 is 0. The van der Waals surface area contributed by atoms with Crippen molar-refractivity contribution in [3.8, 4) is 0 Å². The van der Waals surface area contributed by atoms with E-state index in [2.05, 4.69) is 19.2 Å². The normalized spacial score (nSPS) is 36.0. The minimum atomic E-state index is -0.393. The Bertz CT molecular complexity index is 400. The number of nitrogens with zero attached hydrogens (tertiary/aromatic N) is 1. The average Bonchev–Trinajstić information content (AvgIpc) is 2.31. The molecule has 1 aliphatic carbocycles. The topological polar surface area (TPSA) is 49.4 Å². The fraction of sp³-hybridized carbons (Fsp3) is 0.875. The third-order valence-electron chi connectivity index (χ3n) is 4.80. The highest BCUT2D eigenvalue weighted by Gasteiger charge is 2.44. The summed E-state index contributed by atoms with van der Waals surface area (Å²) in [5.41, 5.74) is -0.239. The summed E-state index contributed by atoms with van der Waals surface area (Å²) in [5, 5.41) is 2.87. The van der Waals surface area contributed by atoms with Gasteiger partial charge in [-0.25, -0.2) is 0 Å². The number of carbonyl (C=O) groups is 2. The van der Waals surface area contributed by atoms with Crippen molar-refractivity contribution < 1.29 is 9.59 Å². The lowest BCUT2D eigenvalue weighted by Gasteiger charge is -2.46. The van der Waals surface area contributed by atoms with Gasteiger partial charge in [-0.1, -0.05) is 34.6 Å². The van der Waals surface area contributed by atoms with Crippen molar-refractivity contribution in [2.45, 2.75) is 66.0 Å². The van der Waals surface area contributed by atoms with Crippen LogP contribution in [-0.4, -0.2) is 35.3 Å². The molecule has 4 unspecified atom stereocenters. The molecule has 4 atom stereocenters. The molecule has 1 saturated carbocycles. The van der Waals surface area contributed by atoms with E-state index in [0.717, 1.165) is 25.2 Å². The molecular weight excluding hydrogens is 252 g/mol. The second-order valence-electron chi connectivity index (χ2n) is 7.80. The Morgan fingerprint density at radius 1 is 1.15 bits per heavy atom. The summed E-state index contributed by atoms with van der Waals surface area (Å²) in [6.07, 6.45) is 3.33. The fourth-order valence-electron chi connectivity index (χ4n) is 3.65. The summed E-state index contributed by atoms with van der Waals surface area (Å²) in [6.45, 7) is 10.7. The van der Waals surface area contributed by atoms with Gasteiger partial charge in [0, 0.05) is 6.04 Å². The SMILES string of the molecule is CC1CCC(N2CC(=O)NC(C(C)(C)C)C2=O)C(C)C1. The molecule has 0 spiro atoms. The van der Waals surface area contributed by atoms with E-state index in [1.54, 1.807) is 0 Å². The van der Waals surface area contributed by atoms with E-state index in [4.69, 9.17) is 0 Å². The molecule has 0 radical (unpaired) electrons. The number of carbonyl (C=O) groups excluding carboxylic acids is 2. The van der Waals surface area contributed by atoms with E-state index >= 15 is 0 Å². The lowest BCUT2D eigenvalue weighted by Crippen LogP contribution is -2.65. The molecule has 114 valence electrons. The minimum absolute atomic E-state index is 0.0182. The first-order valence-electron chi connectivity index (χ1n) is 7.80. The van der Waals surface area contributed by atoms with Gasteiger partial charge in [0.1, 0.15) is 6.04 Å². The largest absolute Gasteiger partial charge is 0.342 e. The van der Waals surface area contributed by atoms with E-state index in [1.807, 2.05) is 25.7 Å². The van der Waals surface area contributed by atoms with Crippen molar-refractivity contribution in [3.63, 3.8) is 0 Å². The molecule has 1 aliphatic heterocycles. The number of nitrogens with one attached hydrogen (secondary N) is 1. The van der Waals surface area contributed by atoms with Crippen molar-refractivity contribution in [2.75, 3.05) is 6.54 Å². The van der Waals surface area contributed by atoms with Crippen LogP contribution >= 0.6 is 0 Å². The smallest absolute Gasteiger partial charge is 0.246 e. The first kappa shape index (κ1) is 15.3. The van der Waals surface area contributed by atoms with Crippen LogP contribution in [0.25, 0.3) is 0 Å². The molecule has 4 heteroatoms. The Kier molecular flexibility index (Phi) is 4.12. The maximum absolute atomic E-state index is 12.8. The van der Waals surface area contributed by atoms with Crippen LogP contribution in [0.3, 0.4) is 0 Å². The average molecular weight is 280 g/mol. The van der Waals surface area contributed by atoms with Gasteiger partial charge in [0.2, 0.25) is 11.8 Å². The molecule has 0 aromatic carbocycles. The Hall–Kier alpha value is -1.06. The van der Waals surface area contributed by atoms with Gasteiger partial charge >= 0.3 is 0 Å². The molecule has 1 saturated heterocycles. The molecule has 20 heavy (non-hydrogen) atoms. The Morgan fingerprint density at radius 3 is 2.35 bits per heavy atom. The van der Waals surface area contributed by atoms with E-state index in [1.165, 1.54) is 0 Å². The van der Waals surface area contributed by atoms with Gasteiger partial charge in [0.05, 0.1) is 6.54 Å². The van der Waals surface area contributed by atoms with Gasteiger partial charge in [-0.3, -0.25) is 9.59 Å². The van der Waals surface area contributed by atoms with Crippen LogP contribution < -0.4 is 5.32 Å². The summed E-state index contributed by atoms with van der Waals surface area (Å²) in [7, 11) is 0. The predicted octanol–water partition coefficient (Wildman–Crippen LogP) is 2.18. The van der Waals surface area contributed by atoms with Gasteiger partial charge in [-0.2, -0.15) is 0 Å². The Balaban J connectivity index is 2.18. The van der Waals surface area contributed by atoms with E-state index < -0.39 is 6.04 Å². The Labute approximate surface area is 122 Å². The molecule has 4 nitrogen and oxygen atoms in total. The lowest BCUT2D eigenvalue weighted by molar-refractivity contribution is -0.151. The van der Waals surface area contributed by atoms with Crippen molar-refractivity contribution in [2.24, 2.45) is 17.3 Å². The van der Waals surface area contributed by atoms with E-state index in [-0.39, 0.29) is 29.8 Å². The number of piperazine rings is 1. The Morgan fingerprint density at radius 2 is 1.80 bits per heavy atom. The van der Waals surface area contributed by atoms with Gasteiger partial charge in [0.25, 0.3) is 0 Å². The first-order valence-corrected chi connectivity index (χ1v) is 7.80. The molecule has 2 rings (SSSR count). The summed E-state index contributed by atoms with van der Waals surface area (Å²) >= 11 is 0. The maximum atomic E-state index is 12.8. The second kappa shape index (κ2) is 5.38. The molecular formula is C16H28N2O2. The van der Waals surface area contributed by atoms with Crippen molar-refractivity contribution >= 4 is 11.8 Å². The molecule has 2 amide bonds. The van der Waals surface area contributed by atoms with Crippen molar-refractivity contribution in [1.29, 1.82) is 0 Å². The molecule has 2 aliphatic rings.